The highest BCUT2D eigenvalue weighted by molar-refractivity contribution is 9.10. The number of pyridine rings is 1. The largest absolute Gasteiger partial charge is 0.368 e. The molecule has 0 aromatic carbocycles. The van der Waals surface area contributed by atoms with Gasteiger partial charge in [0.1, 0.15) is 0 Å². The van der Waals surface area contributed by atoms with E-state index in [1.807, 2.05) is 12.4 Å². The van der Waals surface area contributed by atoms with E-state index in [4.69, 9.17) is 0 Å². The molecule has 3 heteroatoms. The Morgan fingerprint density at radius 2 is 2.27 bits per heavy atom. The smallest absolute Gasteiger partial charge is 0.0592 e. The fourth-order valence-corrected chi connectivity index (χ4v) is 2.71. The summed E-state index contributed by atoms with van der Waals surface area (Å²) in [6, 6.07) is 2.75. The lowest BCUT2D eigenvalue weighted by Gasteiger charge is -2.30. The normalized spacial score (nSPS) is 22.5. The second-order valence-electron chi connectivity index (χ2n) is 4.22. The SMILES string of the molecule is CC1CCCCCN1c1ccncc1Br. The molecule has 82 valence electrons. The summed E-state index contributed by atoms with van der Waals surface area (Å²) in [6.07, 6.45) is 9.09. The van der Waals surface area contributed by atoms with E-state index in [2.05, 4.69) is 38.8 Å². The van der Waals surface area contributed by atoms with Crippen LogP contribution in [0.15, 0.2) is 22.9 Å². The van der Waals surface area contributed by atoms with Crippen molar-refractivity contribution in [2.75, 3.05) is 11.4 Å². The van der Waals surface area contributed by atoms with Gasteiger partial charge in [-0.3, -0.25) is 4.98 Å². The Morgan fingerprint density at radius 1 is 1.40 bits per heavy atom. The molecule has 1 saturated heterocycles. The maximum absolute atomic E-state index is 4.11. The molecule has 2 nitrogen and oxygen atoms in total. The van der Waals surface area contributed by atoms with E-state index in [-0.39, 0.29) is 0 Å². The van der Waals surface area contributed by atoms with Gasteiger partial charge in [-0.05, 0) is 41.8 Å². The van der Waals surface area contributed by atoms with Gasteiger partial charge in [0, 0.05) is 25.0 Å². The molecule has 1 aliphatic rings. The Labute approximate surface area is 99.8 Å². The molecule has 1 aliphatic heterocycles. The molecule has 0 N–H and O–H groups in total. The van der Waals surface area contributed by atoms with Gasteiger partial charge in [0.05, 0.1) is 10.2 Å². The van der Waals surface area contributed by atoms with Crippen LogP contribution in [0.1, 0.15) is 32.6 Å². The first-order valence-corrected chi connectivity index (χ1v) is 6.44. The third-order valence-electron chi connectivity index (χ3n) is 3.11. The molecule has 2 heterocycles. The molecule has 0 aliphatic carbocycles. The Kier molecular flexibility index (Phi) is 3.62. The minimum absolute atomic E-state index is 0.645. The van der Waals surface area contributed by atoms with Crippen molar-refractivity contribution in [3.63, 3.8) is 0 Å². The number of anilines is 1. The second-order valence-corrected chi connectivity index (χ2v) is 5.07. The van der Waals surface area contributed by atoms with Crippen LogP contribution in [0.25, 0.3) is 0 Å². The van der Waals surface area contributed by atoms with Gasteiger partial charge in [0.15, 0.2) is 0 Å². The van der Waals surface area contributed by atoms with Crippen LogP contribution in [-0.4, -0.2) is 17.6 Å². The molecule has 1 aromatic rings. The average Bonchev–Trinajstić information content (AvgIpc) is 2.44. The standard InChI is InChI=1S/C12H17BrN2/c1-10-5-3-2-4-8-15(10)12-6-7-14-9-11(12)13/h6-7,9-10H,2-5,8H2,1H3. The molecule has 15 heavy (non-hydrogen) atoms. The van der Waals surface area contributed by atoms with E-state index in [1.54, 1.807) is 0 Å². The number of aromatic nitrogens is 1. The summed E-state index contributed by atoms with van der Waals surface area (Å²) < 4.78 is 1.11. The highest BCUT2D eigenvalue weighted by Gasteiger charge is 2.18. The van der Waals surface area contributed by atoms with E-state index in [9.17, 15) is 0 Å². The topological polar surface area (TPSA) is 16.1 Å². The summed E-state index contributed by atoms with van der Waals surface area (Å²) in [5.41, 5.74) is 1.29. The van der Waals surface area contributed by atoms with Crippen molar-refractivity contribution in [1.29, 1.82) is 0 Å². The van der Waals surface area contributed by atoms with E-state index < -0.39 is 0 Å². The highest BCUT2D eigenvalue weighted by Crippen LogP contribution is 2.29. The molecule has 0 bridgehead atoms. The average molecular weight is 269 g/mol. The van der Waals surface area contributed by atoms with Gasteiger partial charge < -0.3 is 4.90 Å². The zero-order valence-electron chi connectivity index (χ0n) is 9.12. The van der Waals surface area contributed by atoms with E-state index in [0.29, 0.717) is 6.04 Å². The van der Waals surface area contributed by atoms with E-state index in [0.717, 1.165) is 4.47 Å². The summed E-state index contributed by atoms with van der Waals surface area (Å²) in [7, 11) is 0. The first-order chi connectivity index (χ1) is 7.29. The van der Waals surface area contributed by atoms with Gasteiger partial charge in [0.25, 0.3) is 0 Å². The minimum atomic E-state index is 0.645. The molecular weight excluding hydrogens is 252 g/mol. The minimum Gasteiger partial charge on any atom is -0.368 e. The summed E-state index contributed by atoms with van der Waals surface area (Å²) >= 11 is 3.58. The zero-order chi connectivity index (χ0) is 10.7. The molecule has 0 spiro atoms. The first kappa shape index (κ1) is 10.9. The van der Waals surface area contributed by atoms with Crippen molar-refractivity contribution < 1.29 is 0 Å². The van der Waals surface area contributed by atoms with E-state index >= 15 is 0 Å². The first-order valence-electron chi connectivity index (χ1n) is 5.65. The van der Waals surface area contributed by atoms with Crippen LogP contribution < -0.4 is 4.90 Å². The maximum Gasteiger partial charge on any atom is 0.0592 e. The fraction of sp³-hybridized carbons (Fsp3) is 0.583. The molecule has 1 aromatic heterocycles. The summed E-state index contributed by atoms with van der Waals surface area (Å²) in [5, 5.41) is 0. The maximum atomic E-state index is 4.11. The number of halogens is 1. The monoisotopic (exact) mass is 268 g/mol. The van der Waals surface area contributed by atoms with Gasteiger partial charge in [0.2, 0.25) is 0 Å². The van der Waals surface area contributed by atoms with Crippen LogP contribution in [0.2, 0.25) is 0 Å². The Hall–Kier alpha value is -0.570. The molecule has 0 saturated carbocycles. The van der Waals surface area contributed by atoms with Crippen molar-refractivity contribution in [2.24, 2.45) is 0 Å². The second kappa shape index (κ2) is 4.97. The van der Waals surface area contributed by atoms with Crippen molar-refractivity contribution in [2.45, 2.75) is 38.6 Å². The Morgan fingerprint density at radius 3 is 3.07 bits per heavy atom. The predicted octanol–water partition coefficient (Wildman–Crippen LogP) is 3.61. The lowest BCUT2D eigenvalue weighted by atomic mass is 10.1. The molecule has 1 fully saturated rings. The lowest BCUT2D eigenvalue weighted by molar-refractivity contribution is 0.615. The number of hydrogen-bond acceptors (Lipinski definition) is 2. The van der Waals surface area contributed by atoms with E-state index in [1.165, 1.54) is 37.9 Å². The quantitative estimate of drug-likeness (QED) is 0.774. The lowest BCUT2D eigenvalue weighted by Crippen LogP contribution is -2.32. The molecule has 1 unspecified atom stereocenters. The van der Waals surface area contributed by atoms with Gasteiger partial charge in [-0.2, -0.15) is 0 Å². The number of hydrogen-bond donors (Lipinski definition) is 0. The Bertz CT molecular complexity index is 327. The van der Waals surface area contributed by atoms with Crippen LogP contribution in [0.4, 0.5) is 5.69 Å². The van der Waals surface area contributed by atoms with Gasteiger partial charge in [-0.25, -0.2) is 0 Å². The predicted molar refractivity (Wildman–Crippen MR) is 67.2 cm³/mol. The van der Waals surface area contributed by atoms with Crippen LogP contribution >= 0.6 is 15.9 Å². The number of rotatable bonds is 1. The van der Waals surface area contributed by atoms with Crippen molar-refractivity contribution in [3.05, 3.63) is 22.9 Å². The van der Waals surface area contributed by atoms with Crippen molar-refractivity contribution in [1.82, 2.24) is 4.98 Å². The fourth-order valence-electron chi connectivity index (χ4n) is 2.23. The molecule has 2 rings (SSSR count). The number of nitrogens with zero attached hydrogens (tertiary/aromatic N) is 2. The third kappa shape index (κ3) is 2.51. The Balaban J connectivity index is 2.24. The van der Waals surface area contributed by atoms with Gasteiger partial charge in [-0.1, -0.05) is 12.8 Å². The van der Waals surface area contributed by atoms with Crippen molar-refractivity contribution in [3.8, 4) is 0 Å². The molecule has 0 amide bonds. The van der Waals surface area contributed by atoms with Crippen LogP contribution in [-0.2, 0) is 0 Å². The van der Waals surface area contributed by atoms with Crippen molar-refractivity contribution >= 4 is 21.6 Å². The van der Waals surface area contributed by atoms with Crippen LogP contribution in [0.3, 0.4) is 0 Å². The van der Waals surface area contributed by atoms with Crippen LogP contribution in [0, 0.1) is 0 Å². The van der Waals surface area contributed by atoms with Crippen LogP contribution in [0.5, 0.6) is 0 Å². The highest BCUT2D eigenvalue weighted by atomic mass is 79.9. The summed E-state index contributed by atoms with van der Waals surface area (Å²) in [6.45, 7) is 3.49. The molecule has 1 atom stereocenters. The third-order valence-corrected chi connectivity index (χ3v) is 3.72. The molecule has 0 radical (unpaired) electrons. The van der Waals surface area contributed by atoms with Gasteiger partial charge in [-0.15, -0.1) is 0 Å². The molecular formula is C12H17BrN2. The summed E-state index contributed by atoms with van der Waals surface area (Å²) in [4.78, 5) is 6.61. The summed E-state index contributed by atoms with van der Waals surface area (Å²) in [5.74, 6) is 0. The zero-order valence-corrected chi connectivity index (χ0v) is 10.7. The van der Waals surface area contributed by atoms with Gasteiger partial charge >= 0.3 is 0 Å².